The Morgan fingerprint density at radius 2 is 1.84 bits per heavy atom. The first-order chi connectivity index (χ1) is 12.1. The third-order valence-electron chi connectivity index (χ3n) is 4.89. The van der Waals surface area contributed by atoms with E-state index in [1.807, 2.05) is 30.0 Å². The first kappa shape index (κ1) is 17.3. The zero-order valence-corrected chi connectivity index (χ0v) is 14.8. The van der Waals surface area contributed by atoms with Crippen LogP contribution < -0.4 is 10.3 Å². The molecule has 0 bridgehead atoms. The van der Waals surface area contributed by atoms with Crippen LogP contribution in [0.15, 0.2) is 47.4 Å². The number of carbonyl (C=O) groups excluding carboxylic acids is 1. The summed E-state index contributed by atoms with van der Waals surface area (Å²) in [5.41, 5.74) is 2.08. The third kappa shape index (κ3) is 4.10. The van der Waals surface area contributed by atoms with Gasteiger partial charge < -0.3 is 14.2 Å². The van der Waals surface area contributed by atoms with Gasteiger partial charge in [0.2, 0.25) is 5.91 Å². The lowest BCUT2D eigenvalue weighted by atomic mass is 9.89. The number of hydrogen-bond acceptors (Lipinski definition) is 3. The lowest BCUT2D eigenvalue weighted by molar-refractivity contribution is -0.132. The fraction of sp³-hybridized carbons (Fsp3) is 0.400. The molecule has 1 amide bonds. The maximum absolute atomic E-state index is 12.5. The summed E-state index contributed by atoms with van der Waals surface area (Å²) < 4.78 is 6.67. The fourth-order valence-electron chi connectivity index (χ4n) is 3.32. The number of benzene rings is 1. The van der Waals surface area contributed by atoms with Crippen LogP contribution in [-0.4, -0.2) is 35.6 Å². The zero-order valence-electron chi connectivity index (χ0n) is 14.8. The van der Waals surface area contributed by atoms with Crippen molar-refractivity contribution >= 4 is 5.91 Å². The molecular weight excluding hydrogens is 316 g/mol. The molecule has 0 N–H and O–H groups in total. The molecule has 1 aromatic carbocycles. The Balaban J connectivity index is 1.57. The Hall–Kier alpha value is -2.56. The number of hydrogen-bond donors (Lipinski definition) is 0. The lowest BCUT2D eigenvalue weighted by Crippen LogP contribution is -2.41. The van der Waals surface area contributed by atoms with Crippen molar-refractivity contribution in [1.29, 1.82) is 0 Å². The van der Waals surface area contributed by atoms with Crippen molar-refractivity contribution in [3.8, 4) is 5.75 Å². The number of nitrogens with zero attached hydrogens (tertiary/aromatic N) is 2. The van der Waals surface area contributed by atoms with Crippen molar-refractivity contribution < 1.29 is 9.53 Å². The molecule has 5 heteroatoms. The molecule has 0 atom stereocenters. The molecule has 3 rings (SSSR count). The van der Waals surface area contributed by atoms with E-state index in [-0.39, 0.29) is 18.0 Å². The molecule has 0 spiro atoms. The largest absolute Gasteiger partial charge is 0.497 e. The second-order valence-corrected chi connectivity index (χ2v) is 6.60. The van der Waals surface area contributed by atoms with Crippen molar-refractivity contribution in [3.63, 3.8) is 0 Å². The van der Waals surface area contributed by atoms with Gasteiger partial charge in [0, 0.05) is 25.4 Å². The van der Waals surface area contributed by atoms with E-state index in [0.29, 0.717) is 5.92 Å². The molecule has 5 nitrogen and oxygen atoms in total. The smallest absolute Gasteiger partial charge is 0.251 e. The van der Waals surface area contributed by atoms with Crippen LogP contribution in [0.2, 0.25) is 0 Å². The van der Waals surface area contributed by atoms with E-state index in [0.717, 1.165) is 37.2 Å². The summed E-state index contributed by atoms with van der Waals surface area (Å²) in [6, 6.07) is 11.6. The van der Waals surface area contributed by atoms with Gasteiger partial charge in [0.1, 0.15) is 12.3 Å². The normalized spacial score (nSPS) is 15.2. The minimum Gasteiger partial charge on any atom is -0.497 e. The number of rotatable bonds is 4. The quantitative estimate of drug-likeness (QED) is 0.859. The number of aryl methyl sites for hydroxylation is 1. The van der Waals surface area contributed by atoms with E-state index < -0.39 is 0 Å². The van der Waals surface area contributed by atoms with Crippen LogP contribution in [0.4, 0.5) is 0 Å². The van der Waals surface area contributed by atoms with E-state index in [2.05, 4.69) is 12.1 Å². The molecule has 1 aliphatic heterocycles. The molecule has 1 aromatic heterocycles. The predicted molar refractivity (Wildman–Crippen MR) is 97.0 cm³/mol. The molecule has 2 heterocycles. The van der Waals surface area contributed by atoms with E-state index >= 15 is 0 Å². The minimum absolute atomic E-state index is 0.0131. The molecule has 1 saturated heterocycles. The van der Waals surface area contributed by atoms with E-state index in [9.17, 15) is 9.59 Å². The van der Waals surface area contributed by atoms with E-state index in [4.69, 9.17) is 4.74 Å². The molecule has 1 aliphatic rings. The van der Waals surface area contributed by atoms with Crippen molar-refractivity contribution in [1.82, 2.24) is 9.47 Å². The Morgan fingerprint density at radius 1 is 1.16 bits per heavy atom. The molecule has 0 unspecified atom stereocenters. The van der Waals surface area contributed by atoms with Gasteiger partial charge in [-0.1, -0.05) is 12.1 Å². The van der Waals surface area contributed by atoms with Gasteiger partial charge in [0.05, 0.1) is 7.11 Å². The summed E-state index contributed by atoms with van der Waals surface area (Å²) in [7, 11) is 1.67. The monoisotopic (exact) mass is 340 g/mol. The van der Waals surface area contributed by atoms with Crippen LogP contribution in [0.5, 0.6) is 5.75 Å². The highest BCUT2D eigenvalue weighted by Gasteiger charge is 2.24. The maximum Gasteiger partial charge on any atom is 0.251 e. The third-order valence-corrected chi connectivity index (χ3v) is 4.89. The predicted octanol–water partition coefficient (Wildman–Crippen LogP) is 2.57. The maximum atomic E-state index is 12.5. The average molecular weight is 340 g/mol. The SMILES string of the molecule is COc1ccc(C2CCN(C(=O)Cn3ccc(C)cc3=O)CC2)cc1. The lowest BCUT2D eigenvalue weighted by Gasteiger charge is -2.32. The number of methoxy groups -OCH3 is 1. The van der Waals surface area contributed by atoms with Gasteiger partial charge >= 0.3 is 0 Å². The van der Waals surface area contributed by atoms with Crippen molar-refractivity contribution in [3.05, 3.63) is 64.1 Å². The van der Waals surface area contributed by atoms with Gasteiger partial charge in [-0.15, -0.1) is 0 Å². The molecular formula is C20H24N2O3. The zero-order chi connectivity index (χ0) is 17.8. The number of likely N-dealkylation sites (tertiary alicyclic amines) is 1. The van der Waals surface area contributed by atoms with Gasteiger partial charge in [-0.25, -0.2) is 0 Å². The second-order valence-electron chi connectivity index (χ2n) is 6.60. The molecule has 2 aromatic rings. The molecule has 0 radical (unpaired) electrons. The number of piperidine rings is 1. The number of aromatic nitrogens is 1. The van der Waals surface area contributed by atoms with Crippen LogP contribution in [0.1, 0.15) is 29.9 Å². The molecule has 1 fully saturated rings. The van der Waals surface area contributed by atoms with Gasteiger partial charge in [0.25, 0.3) is 5.56 Å². The van der Waals surface area contributed by atoms with Gasteiger partial charge in [-0.05, 0) is 55.0 Å². The van der Waals surface area contributed by atoms with Crippen LogP contribution >= 0.6 is 0 Å². The topological polar surface area (TPSA) is 51.5 Å². The highest BCUT2D eigenvalue weighted by molar-refractivity contribution is 5.76. The van der Waals surface area contributed by atoms with Crippen molar-refractivity contribution in [2.45, 2.75) is 32.2 Å². The number of amides is 1. The number of carbonyl (C=O) groups is 1. The van der Waals surface area contributed by atoms with Crippen LogP contribution in [-0.2, 0) is 11.3 Å². The Labute approximate surface area is 147 Å². The fourth-order valence-corrected chi connectivity index (χ4v) is 3.32. The van der Waals surface area contributed by atoms with E-state index in [1.165, 1.54) is 10.1 Å². The van der Waals surface area contributed by atoms with E-state index in [1.54, 1.807) is 19.4 Å². The van der Waals surface area contributed by atoms with Crippen LogP contribution in [0.3, 0.4) is 0 Å². The first-order valence-electron chi connectivity index (χ1n) is 8.65. The van der Waals surface area contributed by atoms with Crippen LogP contribution in [0.25, 0.3) is 0 Å². The first-order valence-corrected chi connectivity index (χ1v) is 8.65. The molecule has 0 saturated carbocycles. The van der Waals surface area contributed by atoms with Gasteiger partial charge in [-0.3, -0.25) is 9.59 Å². The Kier molecular flexibility index (Phi) is 5.22. The highest BCUT2D eigenvalue weighted by Crippen LogP contribution is 2.29. The second kappa shape index (κ2) is 7.55. The Morgan fingerprint density at radius 3 is 2.44 bits per heavy atom. The average Bonchev–Trinajstić information content (AvgIpc) is 2.64. The Bertz CT molecular complexity index is 787. The van der Waals surface area contributed by atoms with Gasteiger partial charge in [-0.2, -0.15) is 0 Å². The number of pyridine rings is 1. The minimum atomic E-state index is -0.124. The summed E-state index contributed by atoms with van der Waals surface area (Å²) in [5, 5.41) is 0. The highest BCUT2D eigenvalue weighted by atomic mass is 16.5. The summed E-state index contributed by atoms with van der Waals surface area (Å²) in [6.45, 7) is 3.45. The van der Waals surface area contributed by atoms with Crippen LogP contribution in [0, 0.1) is 6.92 Å². The molecule has 0 aliphatic carbocycles. The summed E-state index contributed by atoms with van der Waals surface area (Å²) in [5.74, 6) is 1.34. The summed E-state index contributed by atoms with van der Waals surface area (Å²) in [6.07, 6.45) is 3.58. The number of ether oxygens (including phenoxy) is 1. The van der Waals surface area contributed by atoms with Crippen molar-refractivity contribution in [2.75, 3.05) is 20.2 Å². The molecule has 132 valence electrons. The molecule has 25 heavy (non-hydrogen) atoms. The summed E-state index contributed by atoms with van der Waals surface area (Å²) in [4.78, 5) is 26.3. The standard InChI is InChI=1S/C20H24N2O3/c1-15-7-10-22(19(23)13-15)14-20(24)21-11-8-17(9-12-21)16-3-5-18(25-2)6-4-16/h3-7,10,13,17H,8-9,11-12,14H2,1-2H3. The summed E-state index contributed by atoms with van der Waals surface area (Å²) >= 11 is 0. The van der Waals surface area contributed by atoms with Gasteiger partial charge in [0.15, 0.2) is 0 Å². The van der Waals surface area contributed by atoms with Crippen molar-refractivity contribution in [2.24, 2.45) is 0 Å².